The van der Waals surface area contributed by atoms with E-state index in [2.05, 4.69) is 10.6 Å². The summed E-state index contributed by atoms with van der Waals surface area (Å²) < 4.78 is 14.0. The van der Waals surface area contributed by atoms with Crippen molar-refractivity contribution in [2.45, 2.75) is 43.8 Å². The van der Waals surface area contributed by atoms with E-state index in [1.165, 1.54) is 0 Å². The van der Waals surface area contributed by atoms with Gasteiger partial charge in [-0.15, -0.1) is 0 Å². The summed E-state index contributed by atoms with van der Waals surface area (Å²) in [4.78, 5) is 11.4. The molecule has 0 aromatic carbocycles. The van der Waals surface area contributed by atoms with E-state index in [-0.39, 0.29) is 12.3 Å². The summed E-state index contributed by atoms with van der Waals surface area (Å²) in [7, 11) is 0. The third-order valence-electron chi connectivity index (χ3n) is 2.84. The molecule has 4 heteroatoms. The van der Waals surface area contributed by atoms with Gasteiger partial charge >= 0.3 is 0 Å². The monoisotopic (exact) mass is 200 g/mol. The predicted molar refractivity (Wildman–Crippen MR) is 51.7 cm³/mol. The van der Waals surface area contributed by atoms with Crippen LogP contribution in [0.25, 0.3) is 0 Å². The SMILES string of the molecule is O=C(CC1(F)CCCNC1)NC1CC1. The molecule has 0 bridgehead atoms. The smallest absolute Gasteiger partial charge is 0.223 e. The fourth-order valence-corrected chi connectivity index (χ4v) is 1.88. The minimum absolute atomic E-state index is 0.0243. The van der Waals surface area contributed by atoms with Gasteiger partial charge in [-0.25, -0.2) is 4.39 Å². The number of hydrogen-bond acceptors (Lipinski definition) is 2. The van der Waals surface area contributed by atoms with E-state index in [1.54, 1.807) is 0 Å². The number of carbonyl (C=O) groups excluding carboxylic acids is 1. The zero-order valence-corrected chi connectivity index (χ0v) is 8.31. The van der Waals surface area contributed by atoms with Crippen LogP contribution < -0.4 is 10.6 Å². The van der Waals surface area contributed by atoms with Crippen LogP contribution in [0.1, 0.15) is 32.1 Å². The zero-order valence-electron chi connectivity index (χ0n) is 8.31. The first-order valence-corrected chi connectivity index (χ1v) is 5.37. The number of amides is 1. The van der Waals surface area contributed by atoms with Crippen LogP contribution in [0.15, 0.2) is 0 Å². The van der Waals surface area contributed by atoms with Crippen LogP contribution in [-0.4, -0.2) is 30.7 Å². The van der Waals surface area contributed by atoms with Crippen molar-refractivity contribution >= 4 is 5.91 Å². The quantitative estimate of drug-likeness (QED) is 0.705. The van der Waals surface area contributed by atoms with Gasteiger partial charge < -0.3 is 10.6 Å². The average Bonchev–Trinajstić information content (AvgIpc) is 2.88. The van der Waals surface area contributed by atoms with Crippen molar-refractivity contribution in [2.75, 3.05) is 13.1 Å². The molecule has 1 amide bonds. The molecule has 3 nitrogen and oxygen atoms in total. The minimum Gasteiger partial charge on any atom is -0.353 e. The van der Waals surface area contributed by atoms with Gasteiger partial charge in [0.25, 0.3) is 0 Å². The van der Waals surface area contributed by atoms with E-state index in [0.717, 1.165) is 25.8 Å². The maximum absolute atomic E-state index is 14.0. The number of halogens is 1. The van der Waals surface area contributed by atoms with Crippen LogP contribution in [0.3, 0.4) is 0 Å². The highest BCUT2D eigenvalue weighted by Crippen LogP contribution is 2.26. The highest BCUT2D eigenvalue weighted by atomic mass is 19.1. The summed E-state index contributed by atoms with van der Waals surface area (Å²) in [6.45, 7) is 1.20. The Morgan fingerprint density at radius 3 is 2.93 bits per heavy atom. The maximum atomic E-state index is 14.0. The number of rotatable bonds is 3. The van der Waals surface area contributed by atoms with Gasteiger partial charge in [0.05, 0.1) is 6.42 Å². The summed E-state index contributed by atoms with van der Waals surface area (Å²) >= 11 is 0. The third-order valence-corrected chi connectivity index (χ3v) is 2.84. The van der Waals surface area contributed by atoms with Gasteiger partial charge in [-0.2, -0.15) is 0 Å². The molecule has 80 valence electrons. The molecule has 1 aliphatic carbocycles. The molecule has 14 heavy (non-hydrogen) atoms. The molecule has 1 saturated heterocycles. The van der Waals surface area contributed by atoms with Crippen LogP contribution >= 0.6 is 0 Å². The van der Waals surface area contributed by atoms with Crippen LogP contribution in [0, 0.1) is 0 Å². The summed E-state index contributed by atoms with van der Waals surface area (Å²) in [6, 6.07) is 0.336. The van der Waals surface area contributed by atoms with Crippen molar-refractivity contribution in [3.8, 4) is 0 Å². The van der Waals surface area contributed by atoms with E-state index in [1.807, 2.05) is 0 Å². The molecule has 1 unspecified atom stereocenters. The summed E-state index contributed by atoms with van der Waals surface area (Å²) in [5.74, 6) is -0.126. The molecular weight excluding hydrogens is 183 g/mol. The van der Waals surface area contributed by atoms with Crippen LogP contribution in [-0.2, 0) is 4.79 Å². The fourth-order valence-electron chi connectivity index (χ4n) is 1.88. The Balaban J connectivity index is 1.78. The zero-order chi connectivity index (χ0) is 10.0. The molecule has 1 atom stereocenters. The largest absolute Gasteiger partial charge is 0.353 e. The predicted octanol–water partition coefficient (Wildman–Crippen LogP) is 0.747. The lowest BCUT2D eigenvalue weighted by atomic mass is 9.92. The van der Waals surface area contributed by atoms with Gasteiger partial charge in [0, 0.05) is 12.6 Å². The van der Waals surface area contributed by atoms with Crippen molar-refractivity contribution in [2.24, 2.45) is 0 Å². The Morgan fingerprint density at radius 1 is 1.57 bits per heavy atom. The first kappa shape index (κ1) is 9.90. The molecule has 0 aromatic rings. The number of carbonyl (C=O) groups is 1. The lowest BCUT2D eigenvalue weighted by Gasteiger charge is -2.29. The van der Waals surface area contributed by atoms with E-state index >= 15 is 0 Å². The van der Waals surface area contributed by atoms with Crippen molar-refractivity contribution < 1.29 is 9.18 Å². The van der Waals surface area contributed by atoms with Crippen LogP contribution in [0.2, 0.25) is 0 Å². The summed E-state index contributed by atoms with van der Waals surface area (Å²) in [6.07, 6.45) is 3.48. The number of piperidine rings is 1. The second-order valence-corrected chi connectivity index (χ2v) is 4.45. The lowest BCUT2D eigenvalue weighted by Crippen LogP contribution is -2.45. The first-order chi connectivity index (χ1) is 6.68. The Labute approximate surface area is 83.4 Å². The molecule has 0 aromatic heterocycles. The number of hydrogen-bond donors (Lipinski definition) is 2. The molecule has 2 rings (SSSR count). The van der Waals surface area contributed by atoms with Crippen LogP contribution in [0.5, 0.6) is 0 Å². The summed E-state index contributed by atoms with van der Waals surface area (Å²) in [5, 5.41) is 5.81. The number of nitrogens with one attached hydrogen (secondary N) is 2. The van der Waals surface area contributed by atoms with Gasteiger partial charge in [0.2, 0.25) is 5.91 Å². The molecule has 1 heterocycles. The number of alkyl halides is 1. The van der Waals surface area contributed by atoms with Gasteiger partial charge in [0.1, 0.15) is 5.67 Å². The molecule has 1 aliphatic heterocycles. The second-order valence-electron chi connectivity index (χ2n) is 4.45. The van der Waals surface area contributed by atoms with Gasteiger partial charge in [-0.3, -0.25) is 4.79 Å². The molecule has 1 saturated carbocycles. The van der Waals surface area contributed by atoms with Crippen molar-refractivity contribution in [1.82, 2.24) is 10.6 Å². The topological polar surface area (TPSA) is 41.1 Å². The second kappa shape index (κ2) is 3.85. The Morgan fingerprint density at radius 2 is 2.36 bits per heavy atom. The lowest BCUT2D eigenvalue weighted by molar-refractivity contribution is -0.124. The highest BCUT2D eigenvalue weighted by molar-refractivity contribution is 5.77. The van der Waals surface area contributed by atoms with Crippen molar-refractivity contribution in [1.29, 1.82) is 0 Å². The molecule has 0 radical (unpaired) electrons. The standard InChI is InChI=1S/C10H17FN2O/c11-10(4-1-5-12-7-10)6-9(14)13-8-2-3-8/h8,12H,1-7H2,(H,13,14). The molecule has 2 N–H and O–H groups in total. The summed E-state index contributed by atoms with van der Waals surface area (Å²) in [5.41, 5.74) is -1.31. The molecular formula is C10H17FN2O. The normalized spacial score (nSPS) is 32.6. The molecule has 0 spiro atoms. The fraction of sp³-hybridized carbons (Fsp3) is 0.900. The van der Waals surface area contributed by atoms with Crippen molar-refractivity contribution in [3.63, 3.8) is 0 Å². The molecule has 2 aliphatic rings. The van der Waals surface area contributed by atoms with E-state index < -0.39 is 5.67 Å². The van der Waals surface area contributed by atoms with Crippen molar-refractivity contribution in [3.05, 3.63) is 0 Å². The average molecular weight is 200 g/mol. The Kier molecular flexibility index (Phi) is 2.72. The van der Waals surface area contributed by atoms with Gasteiger partial charge in [0.15, 0.2) is 0 Å². The Hall–Kier alpha value is -0.640. The van der Waals surface area contributed by atoms with Gasteiger partial charge in [-0.05, 0) is 32.2 Å². The van der Waals surface area contributed by atoms with Crippen LogP contribution in [0.4, 0.5) is 4.39 Å². The van der Waals surface area contributed by atoms with E-state index in [9.17, 15) is 9.18 Å². The first-order valence-electron chi connectivity index (χ1n) is 5.37. The molecule has 2 fully saturated rings. The Bertz CT molecular complexity index is 222. The van der Waals surface area contributed by atoms with E-state index in [0.29, 0.717) is 19.0 Å². The van der Waals surface area contributed by atoms with E-state index in [4.69, 9.17) is 0 Å². The minimum atomic E-state index is -1.31. The third kappa shape index (κ3) is 2.67. The maximum Gasteiger partial charge on any atom is 0.223 e. The highest BCUT2D eigenvalue weighted by Gasteiger charge is 2.35. The van der Waals surface area contributed by atoms with Gasteiger partial charge in [-0.1, -0.05) is 0 Å².